The summed E-state index contributed by atoms with van der Waals surface area (Å²) >= 11 is 0. The fourth-order valence-corrected chi connectivity index (χ4v) is 3.88. The van der Waals surface area contributed by atoms with E-state index in [1.165, 1.54) is 0 Å². The second-order valence-corrected chi connectivity index (χ2v) is 7.05. The van der Waals surface area contributed by atoms with Crippen LogP contribution < -0.4 is 0 Å². The van der Waals surface area contributed by atoms with Crippen LogP contribution in [0.5, 0.6) is 5.75 Å². The van der Waals surface area contributed by atoms with Gasteiger partial charge in [-0.25, -0.2) is 4.79 Å². The van der Waals surface area contributed by atoms with Gasteiger partial charge < -0.3 is 20.0 Å². The molecule has 0 aromatic heterocycles. The number of hydrogen-bond donors (Lipinski definition) is 2. The molecule has 2 N–H and O–H groups in total. The third-order valence-corrected chi connectivity index (χ3v) is 5.40. The molecule has 0 amide bonds. The molecule has 0 saturated carbocycles. The smallest absolute Gasteiger partial charge is 0.337 e. The van der Waals surface area contributed by atoms with E-state index in [1.807, 2.05) is 36.4 Å². The van der Waals surface area contributed by atoms with Gasteiger partial charge in [-0.15, -0.1) is 0 Å². The Bertz CT molecular complexity index is 841. The Balaban J connectivity index is 1.97. The van der Waals surface area contributed by atoms with Crippen molar-refractivity contribution in [2.24, 2.45) is 0 Å². The number of rotatable bonds is 8. The Morgan fingerprint density at radius 1 is 1.07 bits per heavy atom. The van der Waals surface area contributed by atoms with Crippen LogP contribution in [0.25, 0.3) is 5.57 Å². The molecule has 148 valence electrons. The Kier molecular flexibility index (Phi) is 6.37. The monoisotopic (exact) mass is 380 g/mol. The lowest BCUT2D eigenvalue weighted by molar-refractivity contribution is -0.130. The summed E-state index contributed by atoms with van der Waals surface area (Å²) in [5, 5.41) is 19.4. The van der Waals surface area contributed by atoms with Crippen LogP contribution in [-0.4, -0.2) is 52.2 Å². The maximum Gasteiger partial charge on any atom is 0.337 e. The molecule has 5 heteroatoms. The summed E-state index contributed by atoms with van der Waals surface area (Å²) in [6.45, 7) is 8.06. The molecular weight excluding hydrogens is 352 g/mol. The molecule has 2 aromatic rings. The molecule has 1 unspecified atom stereocenters. The quantitative estimate of drug-likeness (QED) is 0.726. The second kappa shape index (κ2) is 8.93. The average molecular weight is 380 g/mol. The number of benzene rings is 2. The van der Waals surface area contributed by atoms with Gasteiger partial charge in [0.2, 0.25) is 0 Å². The number of carboxylic acid groups (broad SMARTS) is 1. The standard InChI is InChI=1S/C23H28N2O3/c1-3-24(4-2)14-7-15-25-16-21(23(27)28)19-8-5-6-9-20(19)22(25)17-10-12-18(26)13-11-17/h5-6,8-13,16,22,26H,3-4,7,14-15H2,1-2H3,(H,27,28). The van der Waals surface area contributed by atoms with Crippen molar-refractivity contribution in [1.82, 2.24) is 9.80 Å². The van der Waals surface area contributed by atoms with Crippen LogP contribution in [0, 0.1) is 0 Å². The van der Waals surface area contributed by atoms with E-state index in [-0.39, 0.29) is 11.8 Å². The van der Waals surface area contributed by atoms with Crippen LogP contribution in [0.4, 0.5) is 0 Å². The highest BCUT2D eigenvalue weighted by atomic mass is 16.4. The molecule has 0 fully saturated rings. The van der Waals surface area contributed by atoms with Gasteiger partial charge >= 0.3 is 5.97 Å². The number of phenolic OH excluding ortho intramolecular Hbond substituents is 1. The van der Waals surface area contributed by atoms with E-state index in [9.17, 15) is 15.0 Å². The summed E-state index contributed by atoms with van der Waals surface area (Å²) in [6, 6.07) is 14.8. The highest BCUT2D eigenvalue weighted by Gasteiger charge is 2.30. The number of carboxylic acids is 1. The number of nitrogens with zero attached hydrogens (tertiary/aromatic N) is 2. The van der Waals surface area contributed by atoms with Crippen molar-refractivity contribution in [3.63, 3.8) is 0 Å². The van der Waals surface area contributed by atoms with E-state index in [1.54, 1.807) is 18.3 Å². The largest absolute Gasteiger partial charge is 0.508 e. The van der Waals surface area contributed by atoms with Crippen molar-refractivity contribution in [1.29, 1.82) is 0 Å². The normalized spacial score (nSPS) is 16.0. The molecule has 0 spiro atoms. The number of aromatic hydroxyl groups is 1. The predicted octanol–water partition coefficient (Wildman–Crippen LogP) is 3.95. The minimum absolute atomic E-state index is 0.0726. The molecule has 0 aliphatic carbocycles. The maximum absolute atomic E-state index is 11.9. The Hall–Kier alpha value is -2.79. The topological polar surface area (TPSA) is 64.0 Å². The molecular formula is C23H28N2O3. The molecule has 28 heavy (non-hydrogen) atoms. The number of aliphatic carboxylic acids is 1. The molecule has 0 saturated heterocycles. The average Bonchev–Trinajstić information content (AvgIpc) is 2.71. The Morgan fingerprint density at radius 2 is 1.75 bits per heavy atom. The summed E-state index contributed by atoms with van der Waals surface area (Å²) in [4.78, 5) is 16.4. The first-order valence-corrected chi connectivity index (χ1v) is 9.86. The molecule has 1 aliphatic heterocycles. The SMILES string of the molecule is CCN(CC)CCCN1C=C(C(=O)O)c2ccccc2C1c1ccc(O)cc1. The zero-order valence-electron chi connectivity index (χ0n) is 16.5. The van der Waals surface area contributed by atoms with Crippen molar-refractivity contribution in [2.45, 2.75) is 26.3 Å². The van der Waals surface area contributed by atoms with Crippen LogP contribution >= 0.6 is 0 Å². The van der Waals surface area contributed by atoms with Crippen LogP contribution in [-0.2, 0) is 4.79 Å². The van der Waals surface area contributed by atoms with Gasteiger partial charge in [-0.05, 0) is 54.9 Å². The van der Waals surface area contributed by atoms with Crippen LogP contribution in [0.1, 0.15) is 43.0 Å². The van der Waals surface area contributed by atoms with Gasteiger partial charge in [-0.1, -0.05) is 50.2 Å². The predicted molar refractivity (Wildman–Crippen MR) is 111 cm³/mol. The van der Waals surface area contributed by atoms with Gasteiger partial charge in [0, 0.05) is 12.7 Å². The maximum atomic E-state index is 11.9. The van der Waals surface area contributed by atoms with Gasteiger partial charge in [-0.3, -0.25) is 0 Å². The van der Waals surface area contributed by atoms with E-state index in [0.717, 1.165) is 49.3 Å². The van der Waals surface area contributed by atoms with E-state index in [0.29, 0.717) is 5.57 Å². The van der Waals surface area contributed by atoms with Crippen LogP contribution in [0.3, 0.4) is 0 Å². The number of fused-ring (bicyclic) bond motifs is 1. The summed E-state index contributed by atoms with van der Waals surface area (Å²) in [5.41, 5.74) is 3.10. The van der Waals surface area contributed by atoms with Crippen molar-refractivity contribution >= 4 is 11.5 Å². The van der Waals surface area contributed by atoms with E-state index >= 15 is 0 Å². The first-order chi connectivity index (χ1) is 13.5. The summed E-state index contributed by atoms with van der Waals surface area (Å²) in [6.07, 6.45) is 2.73. The highest BCUT2D eigenvalue weighted by Crippen LogP contribution is 2.39. The minimum Gasteiger partial charge on any atom is -0.508 e. The molecule has 0 bridgehead atoms. The van der Waals surface area contributed by atoms with Gasteiger partial charge in [-0.2, -0.15) is 0 Å². The van der Waals surface area contributed by atoms with Crippen LogP contribution in [0.15, 0.2) is 54.7 Å². The number of phenols is 1. The molecule has 3 rings (SSSR count). The molecule has 2 aromatic carbocycles. The third-order valence-electron chi connectivity index (χ3n) is 5.40. The molecule has 1 atom stereocenters. The Labute approximate surface area is 166 Å². The third kappa shape index (κ3) is 4.20. The highest BCUT2D eigenvalue weighted by molar-refractivity contribution is 6.16. The lowest BCUT2D eigenvalue weighted by Gasteiger charge is -2.37. The molecule has 1 heterocycles. The number of hydrogen-bond acceptors (Lipinski definition) is 4. The van der Waals surface area contributed by atoms with Crippen molar-refractivity contribution in [3.05, 3.63) is 71.4 Å². The van der Waals surface area contributed by atoms with Crippen molar-refractivity contribution in [3.8, 4) is 5.75 Å². The zero-order chi connectivity index (χ0) is 20.1. The molecule has 0 radical (unpaired) electrons. The second-order valence-electron chi connectivity index (χ2n) is 7.05. The fraction of sp³-hybridized carbons (Fsp3) is 0.348. The summed E-state index contributed by atoms with van der Waals surface area (Å²) in [5.74, 6) is -0.687. The van der Waals surface area contributed by atoms with Crippen molar-refractivity contribution in [2.75, 3.05) is 26.2 Å². The molecule has 5 nitrogen and oxygen atoms in total. The minimum atomic E-state index is -0.912. The fourth-order valence-electron chi connectivity index (χ4n) is 3.88. The van der Waals surface area contributed by atoms with E-state index < -0.39 is 5.97 Å². The van der Waals surface area contributed by atoms with Crippen molar-refractivity contribution < 1.29 is 15.0 Å². The lowest BCUT2D eigenvalue weighted by Crippen LogP contribution is -2.33. The van der Waals surface area contributed by atoms with E-state index in [4.69, 9.17) is 0 Å². The van der Waals surface area contributed by atoms with Crippen LogP contribution in [0.2, 0.25) is 0 Å². The Morgan fingerprint density at radius 3 is 2.39 bits per heavy atom. The van der Waals surface area contributed by atoms with E-state index in [2.05, 4.69) is 23.6 Å². The lowest BCUT2D eigenvalue weighted by atomic mass is 9.87. The zero-order valence-corrected chi connectivity index (χ0v) is 16.5. The van der Waals surface area contributed by atoms with Gasteiger partial charge in [0.1, 0.15) is 5.75 Å². The first-order valence-electron chi connectivity index (χ1n) is 9.86. The summed E-state index contributed by atoms with van der Waals surface area (Å²) in [7, 11) is 0. The van der Waals surface area contributed by atoms with Gasteiger partial charge in [0.25, 0.3) is 0 Å². The van der Waals surface area contributed by atoms with Gasteiger partial charge in [0.15, 0.2) is 0 Å². The summed E-state index contributed by atoms with van der Waals surface area (Å²) < 4.78 is 0. The molecule has 1 aliphatic rings. The number of carbonyl (C=O) groups is 1. The van der Waals surface area contributed by atoms with Gasteiger partial charge in [0.05, 0.1) is 11.6 Å². The first kappa shape index (κ1) is 20.0.